The summed E-state index contributed by atoms with van der Waals surface area (Å²) < 4.78 is 13.8. The molecule has 20 heavy (non-hydrogen) atoms. The third kappa shape index (κ3) is 3.18. The van der Waals surface area contributed by atoms with E-state index in [1.807, 2.05) is 6.92 Å². The van der Waals surface area contributed by atoms with Gasteiger partial charge in [-0.3, -0.25) is 4.79 Å². The maximum absolute atomic E-state index is 13.8. The van der Waals surface area contributed by atoms with Crippen LogP contribution >= 0.6 is 0 Å². The number of nitrogens with zero attached hydrogens (tertiary/aromatic N) is 1. The van der Waals surface area contributed by atoms with Crippen LogP contribution in [0.5, 0.6) is 0 Å². The molecule has 1 saturated carbocycles. The Balaban J connectivity index is 2.08. The molecule has 0 bridgehead atoms. The SMILES string of the molecule is CC(c1ccccc1F)N(C)C(=O)C1CCCC(N)C1. The average Bonchev–Trinajstić information content (AvgIpc) is 2.45. The van der Waals surface area contributed by atoms with Crippen LogP contribution in [0.15, 0.2) is 24.3 Å². The molecule has 1 aliphatic carbocycles. The second-order valence-corrected chi connectivity index (χ2v) is 5.77. The van der Waals surface area contributed by atoms with Gasteiger partial charge in [0.15, 0.2) is 0 Å². The quantitative estimate of drug-likeness (QED) is 0.924. The summed E-state index contributed by atoms with van der Waals surface area (Å²) in [5.41, 5.74) is 6.50. The normalized spacial score (nSPS) is 24.2. The largest absolute Gasteiger partial charge is 0.339 e. The minimum atomic E-state index is -0.264. The molecular formula is C16H23FN2O. The zero-order chi connectivity index (χ0) is 14.7. The van der Waals surface area contributed by atoms with Gasteiger partial charge < -0.3 is 10.6 Å². The van der Waals surface area contributed by atoms with Crippen LogP contribution in [-0.4, -0.2) is 23.9 Å². The third-order valence-electron chi connectivity index (χ3n) is 4.35. The molecular weight excluding hydrogens is 255 g/mol. The van der Waals surface area contributed by atoms with Crippen molar-refractivity contribution in [3.63, 3.8) is 0 Å². The summed E-state index contributed by atoms with van der Waals surface area (Å²) in [5.74, 6) is -0.200. The van der Waals surface area contributed by atoms with Gasteiger partial charge in [-0.1, -0.05) is 24.6 Å². The fourth-order valence-corrected chi connectivity index (χ4v) is 2.95. The Morgan fingerprint density at radius 2 is 2.10 bits per heavy atom. The van der Waals surface area contributed by atoms with Gasteiger partial charge in [-0.25, -0.2) is 4.39 Å². The smallest absolute Gasteiger partial charge is 0.225 e. The maximum Gasteiger partial charge on any atom is 0.225 e. The number of carbonyl (C=O) groups excluding carboxylic acids is 1. The summed E-state index contributed by atoms with van der Waals surface area (Å²) in [5, 5.41) is 0. The predicted molar refractivity (Wildman–Crippen MR) is 77.5 cm³/mol. The number of carbonyl (C=O) groups is 1. The number of amides is 1. The Bertz CT molecular complexity index is 477. The third-order valence-corrected chi connectivity index (χ3v) is 4.35. The molecule has 0 spiro atoms. The first-order valence-corrected chi connectivity index (χ1v) is 7.27. The van der Waals surface area contributed by atoms with E-state index in [1.165, 1.54) is 6.07 Å². The second-order valence-electron chi connectivity index (χ2n) is 5.77. The lowest BCUT2D eigenvalue weighted by molar-refractivity contribution is -0.137. The lowest BCUT2D eigenvalue weighted by Crippen LogP contribution is -2.40. The molecule has 0 heterocycles. The van der Waals surface area contributed by atoms with Crippen LogP contribution < -0.4 is 5.73 Å². The zero-order valence-electron chi connectivity index (χ0n) is 12.2. The van der Waals surface area contributed by atoms with Crippen molar-refractivity contribution in [2.45, 2.75) is 44.7 Å². The molecule has 2 N–H and O–H groups in total. The summed E-state index contributed by atoms with van der Waals surface area (Å²) in [6, 6.07) is 6.48. The number of nitrogens with two attached hydrogens (primary N) is 1. The Morgan fingerprint density at radius 1 is 1.40 bits per heavy atom. The maximum atomic E-state index is 13.8. The number of halogens is 1. The van der Waals surface area contributed by atoms with Crippen molar-refractivity contribution in [1.29, 1.82) is 0 Å². The van der Waals surface area contributed by atoms with E-state index in [2.05, 4.69) is 0 Å². The molecule has 3 unspecified atom stereocenters. The molecule has 1 aliphatic rings. The highest BCUT2D eigenvalue weighted by Gasteiger charge is 2.30. The van der Waals surface area contributed by atoms with E-state index in [9.17, 15) is 9.18 Å². The molecule has 1 fully saturated rings. The second kappa shape index (κ2) is 6.35. The number of hydrogen-bond donors (Lipinski definition) is 1. The van der Waals surface area contributed by atoms with E-state index in [0.717, 1.165) is 25.7 Å². The van der Waals surface area contributed by atoms with Crippen LogP contribution in [0.3, 0.4) is 0 Å². The highest BCUT2D eigenvalue weighted by Crippen LogP contribution is 2.28. The van der Waals surface area contributed by atoms with Crippen LogP contribution in [0.4, 0.5) is 4.39 Å². The molecule has 3 atom stereocenters. The highest BCUT2D eigenvalue weighted by molar-refractivity contribution is 5.79. The first-order chi connectivity index (χ1) is 9.50. The Labute approximate surface area is 120 Å². The zero-order valence-corrected chi connectivity index (χ0v) is 12.2. The van der Waals surface area contributed by atoms with Crippen LogP contribution in [0.1, 0.15) is 44.2 Å². The summed E-state index contributed by atoms with van der Waals surface area (Å²) in [6.07, 6.45) is 3.63. The van der Waals surface area contributed by atoms with E-state index in [0.29, 0.717) is 5.56 Å². The number of benzene rings is 1. The minimum Gasteiger partial charge on any atom is -0.339 e. The lowest BCUT2D eigenvalue weighted by atomic mass is 9.85. The van der Waals surface area contributed by atoms with E-state index >= 15 is 0 Å². The molecule has 0 aliphatic heterocycles. The van der Waals surface area contributed by atoms with Gasteiger partial charge in [0.05, 0.1) is 6.04 Å². The van der Waals surface area contributed by atoms with Gasteiger partial charge in [-0.2, -0.15) is 0 Å². The number of rotatable bonds is 3. The van der Waals surface area contributed by atoms with Crippen molar-refractivity contribution in [3.8, 4) is 0 Å². The first kappa shape index (κ1) is 15.0. The van der Waals surface area contributed by atoms with Crippen LogP contribution in [0.2, 0.25) is 0 Å². The minimum absolute atomic E-state index is 0.0158. The Kier molecular flexibility index (Phi) is 4.76. The highest BCUT2D eigenvalue weighted by atomic mass is 19.1. The van der Waals surface area contributed by atoms with Gasteiger partial charge in [0.1, 0.15) is 5.82 Å². The van der Waals surface area contributed by atoms with Crippen molar-refractivity contribution in [3.05, 3.63) is 35.6 Å². The van der Waals surface area contributed by atoms with E-state index in [4.69, 9.17) is 5.73 Å². The lowest BCUT2D eigenvalue weighted by Gasteiger charge is -2.32. The van der Waals surface area contributed by atoms with Crippen LogP contribution in [0, 0.1) is 11.7 Å². The van der Waals surface area contributed by atoms with Gasteiger partial charge >= 0.3 is 0 Å². The van der Waals surface area contributed by atoms with Gasteiger partial charge in [-0.05, 0) is 32.3 Å². The van der Waals surface area contributed by atoms with Gasteiger partial charge in [0.2, 0.25) is 5.91 Å². The molecule has 0 radical (unpaired) electrons. The fourth-order valence-electron chi connectivity index (χ4n) is 2.95. The van der Waals surface area contributed by atoms with Gasteiger partial charge in [-0.15, -0.1) is 0 Å². The molecule has 2 rings (SSSR count). The molecule has 0 aromatic heterocycles. The first-order valence-electron chi connectivity index (χ1n) is 7.27. The topological polar surface area (TPSA) is 46.3 Å². The molecule has 4 heteroatoms. The Hall–Kier alpha value is -1.42. The van der Waals surface area contributed by atoms with Crippen LogP contribution in [0.25, 0.3) is 0 Å². The summed E-state index contributed by atoms with van der Waals surface area (Å²) in [4.78, 5) is 14.2. The van der Waals surface area contributed by atoms with Gasteiger partial charge in [0, 0.05) is 24.6 Å². The van der Waals surface area contributed by atoms with Crippen molar-refractivity contribution in [2.24, 2.45) is 11.7 Å². The monoisotopic (exact) mass is 278 g/mol. The Morgan fingerprint density at radius 3 is 2.75 bits per heavy atom. The molecule has 3 nitrogen and oxygen atoms in total. The molecule has 110 valence electrons. The summed E-state index contributed by atoms with van der Waals surface area (Å²) >= 11 is 0. The van der Waals surface area contributed by atoms with Crippen molar-refractivity contribution >= 4 is 5.91 Å². The van der Waals surface area contributed by atoms with Crippen molar-refractivity contribution < 1.29 is 9.18 Å². The van der Waals surface area contributed by atoms with Crippen LogP contribution in [-0.2, 0) is 4.79 Å². The summed E-state index contributed by atoms with van der Waals surface area (Å²) in [6.45, 7) is 1.86. The van der Waals surface area contributed by atoms with Crippen molar-refractivity contribution in [2.75, 3.05) is 7.05 Å². The standard InChI is InChI=1S/C16H23FN2O/c1-11(14-8-3-4-9-15(14)17)19(2)16(20)12-6-5-7-13(18)10-12/h3-4,8-9,11-13H,5-7,10,18H2,1-2H3. The number of hydrogen-bond acceptors (Lipinski definition) is 2. The van der Waals surface area contributed by atoms with Crippen molar-refractivity contribution in [1.82, 2.24) is 4.90 Å². The molecule has 1 aromatic carbocycles. The van der Waals surface area contributed by atoms with E-state index < -0.39 is 0 Å². The molecule has 1 aromatic rings. The summed E-state index contributed by atoms with van der Waals surface area (Å²) in [7, 11) is 1.75. The van der Waals surface area contributed by atoms with Gasteiger partial charge in [0.25, 0.3) is 0 Å². The fraction of sp³-hybridized carbons (Fsp3) is 0.562. The van der Waals surface area contributed by atoms with E-state index in [1.54, 1.807) is 30.1 Å². The predicted octanol–water partition coefficient (Wildman–Crippen LogP) is 2.86. The average molecular weight is 278 g/mol. The van der Waals surface area contributed by atoms with E-state index in [-0.39, 0.29) is 29.7 Å². The molecule has 0 saturated heterocycles. The molecule has 1 amide bonds.